The fourth-order valence-corrected chi connectivity index (χ4v) is 12.9. The lowest BCUT2D eigenvalue weighted by Gasteiger charge is -2.24. The summed E-state index contributed by atoms with van der Waals surface area (Å²) in [6.45, 7) is 9.61. The second-order valence-corrected chi connectivity index (χ2v) is 20.7. The Labute approximate surface area is 410 Å². The maximum absolute atomic E-state index is 2.52. The van der Waals surface area contributed by atoms with Crippen LogP contribution in [0.2, 0.25) is 0 Å². The fraction of sp³-hybridized carbons (Fsp3) is 0.0857. The van der Waals surface area contributed by atoms with Gasteiger partial charge in [0.25, 0.3) is 0 Å². The van der Waals surface area contributed by atoms with Crippen LogP contribution in [0.1, 0.15) is 49.9 Å². The quantitative estimate of drug-likeness (QED) is 0.151. The lowest BCUT2D eigenvalue weighted by atomic mass is 9.79. The molecule has 12 aromatic carbocycles. The van der Waals surface area contributed by atoms with Gasteiger partial charge in [0.1, 0.15) is 0 Å². The molecule has 0 spiro atoms. The molecule has 0 saturated heterocycles. The van der Waals surface area contributed by atoms with Crippen molar-refractivity contribution in [2.24, 2.45) is 0 Å². The van der Waals surface area contributed by atoms with Crippen molar-refractivity contribution >= 4 is 43.1 Å². The molecule has 0 bridgehead atoms. The lowest BCUT2D eigenvalue weighted by molar-refractivity contribution is 0.660. The van der Waals surface area contributed by atoms with Crippen LogP contribution in [0.4, 0.5) is 0 Å². The third-order valence-electron chi connectivity index (χ3n) is 16.2. The van der Waals surface area contributed by atoms with E-state index in [-0.39, 0.29) is 10.8 Å². The van der Waals surface area contributed by atoms with Crippen LogP contribution in [0.25, 0.3) is 121 Å². The Kier molecular flexibility index (Phi) is 8.78. The van der Waals surface area contributed by atoms with Gasteiger partial charge in [-0.05, 0) is 167 Å². The molecule has 0 aliphatic heterocycles. The maximum Gasteiger partial charge on any atom is 0.0159 e. The zero-order valence-corrected chi connectivity index (χ0v) is 39.9. The first-order valence-electron chi connectivity index (χ1n) is 24.8. The molecule has 2 aliphatic carbocycles. The van der Waals surface area contributed by atoms with E-state index < -0.39 is 0 Å². The van der Waals surface area contributed by atoms with E-state index in [0.29, 0.717) is 0 Å². The highest BCUT2D eigenvalue weighted by atomic mass is 14.4. The van der Waals surface area contributed by atoms with Crippen LogP contribution in [0.15, 0.2) is 231 Å². The Morgan fingerprint density at radius 3 is 0.886 bits per heavy atom. The smallest absolute Gasteiger partial charge is 0.0159 e. The number of benzene rings is 12. The van der Waals surface area contributed by atoms with E-state index in [2.05, 4.69) is 258 Å². The molecule has 0 N–H and O–H groups in total. The number of hydrogen-bond acceptors (Lipinski definition) is 0. The Morgan fingerprint density at radius 2 is 0.486 bits per heavy atom. The average molecular weight is 891 g/mol. The van der Waals surface area contributed by atoms with Gasteiger partial charge in [-0.25, -0.2) is 0 Å². The van der Waals surface area contributed by atoms with Crippen molar-refractivity contribution in [3.8, 4) is 77.9 Å². The standard InChI is InChI=1S/C70H50/c1-69(2)61-32-17-16-23-49(61)50-36-33-46(40-62(50)69)66-57-28-12-14-30-59(57)68(60-31-15-13-29-58(60)66)48-35-38-52-51-37-34-47(41-63(51)70(3,4)64(52)42-48)67-55-26-10-8-24-53(55)65(54-25-9-11-27-56(54)67)45-22-18-21-44(39-45)43-19-6-5-7-20-43/h5-42H,1-4H3. The highest BCUT2D eigenvalue weighted by molar-refractivity contribution is 6.23. The molecule has 0 atom stereocenters. The van der Waals surface area contributed by atoms with Crippen molar-refractivity contribution in [3.05, 3.63) is 253 Å². The van der Waals surface area contributed by atoms with Gasteiger partial charge in [-0.15, -0.1) is 0 Å². The lowest BCUT2D eigenvalue weighted by Crippen LogP contribution is -2.15. The van der Waals surface area contributed by atoms with Crippen LogP contribution in [-0.4, -0.2) is 0 Å². The third kappa shape index (κ3) is 5.83. The van der Waals surface area contributed by atoms with E-state index in [0.717, 1.165) is 0 Å². The summed E-state index contributed by atoms with van der Waals surface area (Å²) in [5, 5.41) is 10.2. The van der Waals surface area contributed by atoms with E-state index in [1.54, 1.807) is 0 Å². The molecule has 330 valence electrons. The highest BCUT2D eigenvalue weighted by Crippen LogP contribution is 2.55. The normalized spacial score (nSPS) is 13.9. The molecule has 0 fully saturated rings. The Balaban J connectivity index is 0.904. The molecule has 0 unspecified atom stereocenters. The first kappa shape index (κ1) is 40.7. The molecule has 0 amide bonds. The second-order valence-electron chi connectivity index (χ2n) is 20.7. The third-order valence-corrected chi connectivity index (χ3v) is 16.2. The van der Waals surface area contributed by atoms with E-state index in [9.17, 15) is 0 Å². The molecule has 0 aromatic heterocycles. The predicted octanol–water partition coefficient (Wildman–Crippen LogP) is 19.2. The van der Waals surface area contributed by atoms with Crippen LogP contribution in [0.3, 0.4) is 0 Å². The maximum atomic E-state index is 2.52. The summed E-state index contributed by atoms with van der Waals surface area (Å²) in [7, 11) is 0. The Bertz CT molecular complexity index is 4050. The first-order valence-corrected chi connectivity index (χ1v) is 24.8. The van der Waals surface area contributed by atoms with Gasteiger partial charge in [-0.1, -0.05) is 234 Å². The molecule has 0 heterocycles. The summed E-state index contributed by atoms with van der Waals surface area (Å²) in [6.07, 6.45) is 0. The minimum atomic E-state index is -0.236. The van der Waals surface area contributed by atoms with Gasteiger partial charge in [0, 0.05) is 10.8 Å². The highest BCUT2D eigenvalue weighted by Gasteiger charge is 2.38. The largest absolute Gasteiger partial charge is 0.0622 e. The molecule has 14 rings (SSSR count). The number of rotatable bonds is 5. The minimum absolute atomic E-state index is 0.0780. The first-order chi connectivity index (χ1) is 34.3. The van der Waals surface area contributed by atoms with Crippen LogP contribution < -0.4 is 0 Å². The van der Waals surface area contributed by atoms with E-state index in [1.807, 2.05) is 0 Å². The van der Waals surface area contributed by atoms with Crippen LogP contribution in [0, 0.1) is 0 Å². The molecule has 0 saturated carbocycles. The Morgan fingerprint density at radius 1 is 0.200 bits per heavy atom. The molecule has 70 heavy (non-hydrogen) atoms. The molecular weight excluding hydrogens is 841 g/mol. The van der Waals surface area contributed by atoms with Crippen molar-refractivity contribution in [2.45, 2.75) is 38.5 Å². The zero-order valence-electron chi connectivity index (χ0n) is 39.9. The van der Waals surface area contributed by atoms with Crippen molar-refractivity contribution in [2.75, 3.05) is 0 Å². The predicted molar refractivity (Wildman–Crippen MR) is 299 cm³/mol. The summed E-state index contributed by atoms with van der Waals surface area (Å²) in [6, 6.07) is 86.8. The van der Waals surface area contributed by atoms with E-state index in [1.165, 1.54) is 143 Å². The second kappa shape index (κ2) is 15.1. The summed E-state index contributed by atoms with van der Waals surface area (Å²) < 4.78 is 0. The minimum Gasteiger partial charge on any atom is -0.0622 e. The number of fused-ring (bicyclic) bond motifs is 10. The van der Waals surface area contributed by atoms with Gasteiger partial charge in [0.2, 0.25) is 0 Å². The number of hydrogen-bond donors (Lipinski definition) is 0. The SMILES string of the molecule is CC1(C)c2ccccc2-c2ccc(-c3c4ccccc4c(-c4ccc5c(c4)C(C)(C)c4cc(-c6c7ccccc7c(-c7cccc(-c8ccccc8)c7)c7ccccc67)ccc4-5)c4ccccc34)cc21. The summed E-state index contributed by atoms with van der Waals surface area (Å²) in [5.41, 5.74) is 23.2. The summed E-state index contributed by atoms with van der Waals surface area (Å²) >= 11 is 0. The van der Waals surface area contributed by atoms with Gasteiger partial charge in [-0.2, -0.15) is 0 Å². The molecule has 12 aromatic rings. The van der Waals surface area contributed by atoms with Gasteiger partial charge < -0.3 is 0 Å². The average Bonchev–Trinajstić information content (AvgIpc) is 3.77. The fourth-order valence-electron chi connectivity index (χ4n) is 12.9. The zero-order chi connectivity index (χ0) is 46.9. The van der Waals surface area contributed by atoms with E-state index in [4.69, 9.17) is 0 Å². The molecular formula is C70H50. The topological polar surface area (TPSA) is 0 Å². The van der Waals surface area contributed by atoms with Crippen LogP contribution in [-0.2, 0) is 10.8 Å². The summed E-state index contributed by atoms with van der Waals surface area (Å²) in [5.74, 6) is 0. The van der Waals surface area contributed by atoms with Gasteiger partial charge in [-0.3, -0.25) is 0 Å². The molecule has 0 radical (unpaired) electrons. The molecule has 0 heteroatoms. The van der Waals surface area contributed by atoms with Crippen LogP contribution in [0.5, 0.6) is 0 Å². The van der Waals surface area contributed by atoms with Crippen molar-refractivity contribution < 1.29 is 0 Å². The van der Waals surface area contributed by atoms with Crippen LogP contribution >= 0.6 is 0 Å². The van der Waals surface area contributed by atoms with Gasteiger partial charge >= 0.3 is 0 Å². The van der Waals surface area contributed by atoms with E-state index >= 15 is 0 Å². The molecule has 2 aliphatic rings. The van der Waals surface area contributed by atoms with Crippen molar-refractivity contribution in [3.63, 3.8) is 0 Å². The molecule has 0 nitrogen and oxygen atoms in total. The summed E-state index contributed by atoms with van der Waals surface area (Å²) in [4.78, 5) is 0. The van der Waals surface area contributed by atoms with Gasteiger partial charge in [0.05, 0.1) is 0 Å². The van der Waals surface area contributed by atoms with Crippen molar-refractivity contribution in [1.82, 2.24) is 0 Å². The monoisotopic (exact) mass is 890 g/mol. The Hall–Kier alpha value is -8.32. The van der Waals surface area contributed by atoms with Gasteiger partial charge in [0.15, 0.2) is 0 Å². The van der Waals surface area contributed by atoms with Crippen molar-refractivity contribution in [1.29, 1.82) is 0 Å².